The number of hydrogen-bond donors (Lipinski definition) is 0. The molecule has 0 spiro atoms. The molecule has 0 amide bonds. The van der Waals surface area contributed by atoms with Crippen molar-refractivity contribution >= 4 is 0 Å². The van der Waals surface area contributed by atoms with Gasteiger partial charge in [0.2, 0.25) is 0 Å². The summed E-state index contributed by atoms with van der Waals surface area (Å²) in [6.45, 7) is 2.24. The molecule has 0 fully saturated rings. The predicted octanol–water partition coefficient (Wildman–Crippen LogP) is 5.19. The fourth-order valence-corrected chi connectivity index (χ4v) is 3.95. The average Bonchev–Trinajstić information content (AvgIpc) is 3.04. The average molecular weight is 474 g/mol. The molecule has 0 saturated carbocycles. The first kappa shape index (κ1) is 23.7. The van der Waals surface area contributed by atoms with Crippen molar-refractivity contribution in [2.75, 3.05) is 34.5 Å². The number of halogens is 3. The van der Waals surface area contributed by atoms with E-state index in [0.29, 0.717) is 49.0 Å². The van der Waals surface area contributed by atoms with Crippen LogP contribution in [0.1, 0.15) is 16.7 Å². The van der Waals surface area contributed by atoms with E-state index in [4.69, 9.17) is 18.9 Å². The Hall–Kier alpha value is -3.46. The number of rotatable bonds is 6. The highest BCUT2D eigenvalue weighted by molar-refractivity contribution is 5.66. The Morgan fingerprint density at radius 3 is 2.41 bits per heavy atom. The molecule has 1 aliphatic heterocycles. The Bertz CT molecular complexity index is 1150. The molecule has 0 atom stereocenters. The molecule has 0 radical (unpaired) electrons. The summed E-state index contributed by atoms with van der Waals surface area (Å²) in [6, 6.07) is 11.7. The molecule has 0 aliphatic carbocycles. The molecule has 4 rings (SSSR count). The summed E-state index contributed by atoms with van der Waals surface area (Å²) >= 11 is 0. The third-order valence-electron chi connectivity index (χ3n) is 5.67. The molecule has 9 heteroatoms. The number of nitrogens with zero attached hydrogens (tertiary/aromatic N) is 2. The van der Waals surface area contributed by atoms with E-state index in [1.54, 1.807) is 20.3 Å². The van der Waals surface area contributed by atoms with Crippen LogP contribution in [-0.4, -0.2) is 44.4 Å². The van der Waals surface area contributed by atoms with Crippen LogP contribution in [0.2, 0.25) is 0 Å². The van der Waals surface area contributed by atoms with E-state index in [1.165, 1.54) is 13.2 Å². The molecule has 1 aliphatic rings. The summed E-state index contributed by atoms with van der Waals surface area (Å²) in [5.74, 6) is 2.62. The summed E-state index contributed by atoms with van der Waals surface area (Å²) in [7, 11) is 4.78. The number of alkyl halides is 3. The monoisotopic (exact) mass is 474 g/mol. The molecule has 180 valence electrons. The number of ether oxygens (including phenoxy) is 4. The second kappa shape index (κ2) is 9.80. The molecule has 2 heterocycles. The first-order valence-electron chi connectivity index (χ1n) is 10.6. The first-order chi connectivity index (χ1) is 16.3. The smallest absolute Gasteiger partial charge is 0.417 e. The highest BCUT2D eigenvalue weighted by atomic mass is 19.4. The van der Waals surface area contributed by atoms with E-state index in [9.17, 15) is 13.2 Å². The van der Waals surface area contributed by atoms with Crippen LogP contribution in [0.25, 0.3) is 11.3 Å². The van der Waals surface area contributed by atoms with E-state index in [1.807, 2.05) is 24.3 Å². The molecule has 1 aromatic heterocycles. The maximum absolute atomic E-state index is 12.9. The van der Waals surface area contributed by atoms with Gasteiger partial charge >= 0.3 is 6.18 Å². The number of hydrogen-bond acceptors (Lipinski definition) is 6. The quantitative estimate of drug-likeness (QED) is 0.490. The van der Waals surface area contributed by atoms with E-state index in [-0.39, 0.29) is 0 Å². The molecule has 2 aromatic carbocycles. The Morgan fingerprint density at radius 1 is 0.971 bits per heavy atom. The van der Waals surface area contributed by atoms with Gasteiger partial charge in [-0.2, -0.15) is 13.2 Å². The summed E-state index contributed by atoms with van der Waals surface area (Å²) < 4.78 is 61.2. The van der Waals surface area contributed by atoms with Gasteiger partial charge in [0.05, 0.1) is 32.6 Å². The van der Waals surface area contributed by atoms with Gasteiger partial charge < -0.3 is 18.9 Å². The van der Waals surface area contributed by atoms with Gasteiger partial charge in [-0.05, 0) is 42.5 Å². The van der Waals surface area contributed by atoms with Crippen molar-refractivity contribution in [1.29, 1.82) is 0 Å². The number of methoxy groups -OCH3 is 3. The fraction of sp³-hybridized carbons (Fsp3) is 0.320. The highest BCUT2D eigenvalue weighted by Crippen LogP contribution is 2.39. The summed E-state index contributed by atoms with van der Waals surface area (Å²) in [5.41, 5.74) is 2.10. The topological polar surface area (TPSA) is 53.1 Å². The molecule has 0 unspecified atom stereocenters. The minimum atomic E-state index is -4.44. The first-order valence-corrected chi connectivity index (χ1v) is 10.6. The third-order valence-corrected chi connectivity index (χ3v) is 5.67. The number of aromatic nitrogens is 1. The molecular weight excluding hydrogens is 449 g/mol. The lowest BCUT2D eigenvalue weighted by Gasteiger charge is -2.21. The molecular formula is C25H25F3N2O4. The van der Waals surface area contributed by atoms with Crippen LogP contribution in [0.15, 0.2) is 48.7 Å². The van der Waals surface area contributed by atoms with Crippen LogP contribution in [0.4, 0.5) is 13.2 Å². The Labute approximate surface area is 195 Å². The SMILES string of the molecule is COc1ccc(OC)c(CN2CCOc3c(cc(-c4ccc(C(F)(F)F)cn4)cc3OC)C2)c1. The summed E-state index contributed by atoms with van der Waals surface area (Å²) in [4.78, 5) is 6.23. The molecule has 34 heavy (non-hydrogen) atoms. The minimum absolute atomic E-state index is 0.416. The highest BCUT2D eigenvalue weighted by Gasteiger charge is 2.31. The van der Waals surface area contributed by atoms with Gasteiger partial charge in [-0.3, -0.25) is 9.88 Å². The maximum Gasteiger partial charge on any atom is 0.417 e. The number of fused-ring (bicyclic) bond motifs is 1. The Morgan fingerprint density at radius 2 is 1.76 bits per heavy atom. The molecule has 0 saturated heterocycles. The van der Waals surface area contributed by atoms with Crippen LogP contribution in [0.5, 0.6) is 23.0 Å². The van der Waals surface area contributed by atoms with Gasteiger partial charge in [0, 0.05) is 42.5 Å². The van der Waals surface area contributed by atoms with Crippen LogP contribution in [0.3, 0.4) is 0 Å². The normalized spacial score (nSPS) is 14.1. The largest absolute Gasteiger partial charge is 0.497 e. The standard InChI is InChI=1S/C25H25F3N2O4/c1-31-20-5-7-22(32-2)17(11-20)14-30-8-9-34-24-18(15-30)10-16(12-23(24)33-3)21-6-4-19(13-29-21)25(26,27)28/h4-7,10-13H,8-9,14-15H2,1-3H3. The van der Waals surface area contributed by atoms with Crippen molar-refractivity contribution in [1.82, 2.24) is 9.88 Å². The van der Waals surface area contributed by atoms with Crippen molar-refractivity contribution < 1.29 is 32.1 Å². The van der Waals surface area contributed by atoms with Gasteiger partial charge in [0.25, 0.3) is 0 Å². The molecule has 3 aromatic rings. The van der Waals surface area contributed by atoms with Crippen molar-refractivity contribution in [2.45, 2.75) is 19.3 Å². The third kappa shape index (κ3) is 5.04. The van der Waals surface area contributed by atoms with Crippen LogP contribution >= 0.6 is 0 Å². The van der Waals surface area contributed by atoms with E-state index >= 15 is 0 Å². The lowest BCUT2D eigenvalue weighted by atomic mass is 10.0. The van der Waals surface area contributed by atoms with Crippen LogP contribution in [-0.2, 0) is 19.3 Å². The summed E-state index contributed by atoms with van der Waals surface area (Å²) in [5, 5.41) is 0. The number of pyridine rings is 1. The minimum Gasteiger partial charge on any atom is -0.497 e. The van der Waals surface area contributed by atoms with Gasteiger partial charge in [-0.15, -0.1) is 0 Å². The van der Waals surface area contributed by atoms with Gasteiger partial charge in [0.1, 0.15) is 18.1 Å². The van der Waals surface area contributed by atoms with E-state index < -0.39 is 11.7 Å². The molecule has 6 nitrogen and oxygen atoms in total. The zero-order valence-corrected chi connectivity index (χ0v) is 19.1. The van der Waals surface area contributed by atoms with Gasteiger partial charge in [-0.1, -0.05) is 0 Å². The van der Waals surface area contributed by atoms with Gasteiger partial charge in [-0.25, -0.2) is 0 Å². The Balaban J connectivity index is 1.65. The van der Waals surface area contributed by atoms with E-state index in [0.717, 1.165) is 34.9 Å². The zero-order chi connectivity index (χ0) is 24.3. The van der Waals surface area contributed by atoms with E-state index in [2.05, 4.69) is 9.88 Å². The van der Waals surface area contributed by atoms with Crippen LogP contribution in [0, 0.1) is 0 Å². The van der Waals surface area contributed by atoms with Crippen molar-refractivity contribution in [3.05, 3.63) is 65.4 Å². The lowest BCUT2D eigenvalue weighted by Crippen LogP contribution is -2.25. The van der Waals surface area contributed by atoms with Crippen molar-refractivity contribution in [3.8, 4) is 34.3 Å². The number of benzene rings is 2. The second-order valence-electron chi connectivity index (χ2n) is 7.83. The molecule has 0 N–H and O–H groups in total. The van der Waals surface area contributed by atoms with Crippen LogP contribution < -0.4 is 18.9 Å². The maximum atomic E-state index is 12.9. The summed E-state index contributed by atoms with van der Waals surface area (Å²) in [6.07, 6.45) is -3.60. The molecule has 0 bridgehead atoms. The lowest BCUT2D eigenvalue weighted by molar-refractivity contribution is -0.137. The Kier molecular flexibility index (Phi) is 6.83. The second-order valence-corrected chi connectivity index (χ2v) is 7.83. The zero-order valence-electron chi connectivity index (χ0n) is 19.1. The van der Waals surface area contributed by atoms with Crippen molar-refractivity contribution in [3.63, 3.8) is 0 Å². The van der Waals surface area contributed by atoms with Crippen molar-refractivity contribution in [2.24, 2.45) is 0 Å². The fourth-order valence-electron chi connectivity index (χ4n) is 3.95. The predicted molar refractivity (Wildman–Crippen MR) is 120 cm³/mol. The van der Waals surface area contributed by atoms with Gasteiger partial charge in [0.15, 0.2) is 11.5 Å².